The van der Waals surface area contributed by atoms with Crippen molar-refractivity contribution in [2.45, 2.75) is 38.8 Å². The van der Waals surface area contributed by atoms with E-state index in [1.54, 1.807) is 6.07 Å². The third-order valence-electron chi connectivity index (χ3n) is 4.39. The summed E-state index contributed by atoms with van der Waals surface area (Å²) in [6, 6.07) is 4.54. The number of nitrogens with zero attached hydrogens (tertiary/aromatic N) is 3. The molecule has 0 aliphatic carbocycles. The van der Waals surface area contributed by atoms with E-state index in [1.807, 2.05) is 24.8 Å². The molecule has 7 nitrogen and oxygen atoms in total. The summed E-state index contributed by atoms with van der Waals surface area (Å²) in [5.41, 5.74) is 1.62. The highest BCUT2D eigenvalue weighted by Crippen LogP contribution is 2.24. The van der Waals surface area contributed by atoms with E-state index >= 15 is 0 Å². The van der Waals surface area contributed by atoms with Crippen LogP contribution in [0.1, 0.15) is 37.2 Å². The molecule has 3 rings (SSSR count). The van der Waals surface area contributed by atoms with E-state index in [2.05, 4.69) is 25.8 Å². The maximum atomic E-state index is 14.1. The lowest BCUT2D eigenvalue weighted by Gasteiger charge is -2.35. The predicted octanol–water partition coefficient (Wildman–Crippen LogP) is 2.28. The summed E-state index contributed by atoms with van der Waals surface area (Å²) in [5, 5.41) is 12.3. The number of urea groups is 1. The van der Waals surface area contributed by atoms with Crippen LogP contribution in [0.2, 0.25) is 0 Å². The minimum Gasteiger partial charge on any atom is -0.367 e. The Morgan fingerprint density at radius 3 is 3.08 bits per heavy atom. The second-order valence-electron chi connectivity index (χ2n) is 6.45. The Kier molecular flexibility index (Phi) is 5.16. The van der Waals surface area contributed by atoms with Crippen LogP contribution < -0.4 is 15.5 Å². The second kappa shape index (κ2) is 7.50. The molecule has 134 valence electrons. The normalized spacial score (nSPS) is 18.7. The first-order chi connectivity index (χ1) is 12.0. The van der Waals surface area contributed by atoms with Gasteiger partial charge in [0.1, 0.15) is 18.0 Å². The number of hydrogen-bond donors (Lipinski definition) is 3. The third-order valence-corrected chi connectivity index (χ3v) is 4.39. The van der Waals surface area contributed by atoms with E-state index in [4.69, 9.17) is 0 Å². The standard InChI is InChI=1S/C17H23FN6O/c1-11-5-6-14(18)15(8-11)24-7-3-4-13(9-24)22-17(25)21-12(2)16-19-10-20-23-16/h5-6,8,10,12-13H,3-4,7,9H2,1-2H3,(H,19,20,23)(H2,21,22,25). The van der Waals surface area contributed by atoms with Gasteiger partial charge in [-0.3, -0.25) is 5.10 Å². The molecule has 1 saturated heterocycles. The fourth-order valence-corrected chi connectivity index (χ4v) is 3.09. The second-order valence-corrected chi connectivity index (χ2v) is 6.45. The van der Waals surface area contributed by atoms with Gasteiger partial charge in [0.2, 0.25) is 0 Å². The minimum atomic E-state index is -0.267. The lowest BCUT2D eigenvalue weighted by molar-refractivity contribution is 0.231. The minimum absolute atomic E-state index is 0.0319. The van der Waals surface area contributed by atoms with E-state index in [-0.39, 0.29) is 23.9 Å². The van der Waals surface area contributed by atoms with Crippen LogP contribution in [0.15, 0.2) is 24.5 Å². The number of nitrogens with one attached hydrogen (secondary N) is 3. The fourth-order valence-electron chi connectivity index (χ4n) is 3.09. The first-order valence-electron chi connectivity index (χ1n) is 8.46. The van der Waals surface area contributed by atoms with Gasteiger partial charge in [0.05, 0.1) is 11.7 Å². The van der Waals surface area contributed by atoms with Crippen molar-refractivity contribution in [3.63, 3.8) is 0 Å². The van der Waals surface area contributed by atoms with Crippen molar-refractivity contribution in [1.82, 2.24) is 25.8 Å². The number of aryl methyl sites for hydroxylation is 1. The molecule has 0 radical (unpaired) electrons. The lowest BCUT2D eigenvalue weighted by Crippen LogP contribution is -2.51. The Hall–Kier alpha value is -2.64. The molecule has 2 atom stereocenters. The number of H-pyrrole nitrogens is 1. The summed E-state index contributed by atoms with van der Waals surface area (Å²) in [5.74, 6) is 0.372. The molecule has 1 aliphatic heterocycles. The molecule has 0 saturated carbocycles. The van der Waals surface area contributed by atoms with E-state index in [9.17, 15) is 9.18 Å². The monoisotopic (exact) mass is 346 g/mol. The summed E-state index contributed by atoms with van der Waals surface area (Å²) < 4.78 is 14.1. The van der Waals surface area contributed by atoms with Gasteiger partial charge in [0.25, 0.3) is 0 Å². The van der Waals surface area contributed by atoms with Gasteiger partial charge < -0.3 is 15.5 Å². The van der Waals surface area contributed by atoms with E-state index < -0.39 is 0 Å². The Bertz CT molecular complexity index is 720. The van der Waals surface area contributed by atoms with Crippen LogP contribution in [0.5, 0.6) is 0 Å². The number of aromatic amines is 1. The molecule has 0 spiro atoms. The quantitative estimate of drug-likeness (QED) is 0.793. The topological polar surface area (TPSA) is 85.9 Å². The maximum Gasteiger partial charge on any atom is 0.315 e. The predicted molar refractivity (Wildman–Crippen MR) is 92.8 cm³/mol. The van der Waals surface area contributed by atoms with Gasteiger partial charge in [-0.2, -0.15) is 5.10 Å². The summed E-state index contributed by atoms with van der Waals surface area (Å²) >= 11 is 0. The number of benzene rings is 1. The molecule has 8 heteroatoms. The highest BCUT2D eigenvalue weighted by Gasteiger charge is 2.24. The average Bonchev–Trinajstić information content (AvgIpc) is 3.12. The number of hydrogen-bond acceptors (Lipinski definition) is 4. The van der Waals surface area contributed by atoms with Crippen LogP contribution >= 0.6 is 0 Å². The van der Waals surface area contributed by atoms with Crippen LogP contribution in [0.4, 0.5) is 14.9 Å². The summed E-state index contributed by atoms with van der Waals surface area (Å²) in [4.78, 5) is 18.2. The molecular weight excluding hydrogens is 323 g/mol. The van der Waals surface area contributed by atoms with Crippen molar-refractivity contribution < 1.29 is 9.18 Å². The van der Waals surface area contributed by atoms with E-state index in [1.165, 1.54) is 12.4 Å². The Morgan fingerprint density at radius 2 is 2.32 bits per heavy atom. The molecule has 1 fully saturated rings. The molecule has 25 heavy (non-hydrogen) atoms. The lowest BCUT2D eigenvalue weighted by atomic mass is 10.0. The molecule has 0 bridgehead atoms. The van der Waals surface area contributed by atoms with Crippen molar-refractivity contribution in [3.05, 3.63) is 41.7 Å². The van der Waals surface area contributed by atoms with Crippen LogP contribution in [0.25, 0.3) is 0 Å². The van der Waals surface area contributed by atoms with Crippen molar-refractivity contribution >= 4 is 11.7 Å². The summed E-state index contributed by atoms with van der Waals surface area (Å²) in [7, 11) is 0. The summed E-state index contributed by atoms with van der Waals surface area (Å²) in [6.07, 6.45) is 3.17. The highest BCUT2D eigenvalue weighted by atomic mass is 19.1. The van der Waals surface area contributed by atoms with Gasteiger partial charge in [-0.1, -0.05) is 6.07 Å². The van der Waals surface area contributed by atoms with Crippen molar-refractivity contribution in [1.29, 1.82) is 0 Å². The van der Waals surface area contributed by atoms with Crippen LogP contribution in [0, 0.1) is 12.7 Å². The SMILES string of the molecule is Cc1ccc(F)c(N2CCCC(NC(=O)NC(C)c3ncn[nH]3)C2)c1. The zero-order valence-electron chi connectivity index (χ0n) is 14.4. The van der Waals surface area contributed by atoms with Gasteiger partial charge >= 0.3 is 6.03 Å². The Balaban J connectivity index is 1.58. The number of anilines is 1. The van der Waals surface area contributed by atoms with Gasteiger partial charge in [-0.25, -0.2) is 14.2 Å². The molecule has 1 aliphatic rings. The molecule has 1 aromatic carbocycles. The number of carbonyl (C=O) groups is 1. The summed E-state index contributed by atoms with van der Waals surface area (Å²) in [6.45, 7) is 5.15. The Labute approximate surface area is 146 Å². The van der Waals surface area contributed by atoms with Gasteiger partial charge in [0.15, 0.2) is 0 Å². The van der Waals surface area contributed by atoms with Crippen LogP contribution in [-0.4, -0.2) is 40.3 Å². The zero-order chi connectivity index (χ0) is 17.8. The van der Waals surface area contributed by atoms with Crippen molar-refractivity contribution in [2.75, 3.05) is 18.0 Å². The molecule has 3 N–H and O–H groups in total. The van der Waals surface area contributed by atoms with Crippen LogP contribution in [-0.2, 0) is 0 Å². The van der Waals surface area contributed by atoms with Gasteiger partial charge in [0, 0.05) is 19.1 Å². The first-order valence-corrected chi connectivity index (χ1v) is 8.46. The molecule has 2 unspecified atom stereocenters. The van der Waals surface area contributed by atoms with Crippen molar-refractivity contribution in [3.8, 4) is 0 Å². The van der Waals surface area contributed by atoms with Crippen molar-refractivity contribution in [2.24, 2.45) is 0 Å². The Morgan fingerprint density at radius 1 is 1.48 bits per heavy atom. The number of rotatable bonds is 4. The number of amides is 2. The molecule has 2 amide bonds. The van der Waals surface area contributed by atoms with E-state index in [0.29, 0.717) is 18.1 Å². The molecule has 2 aromatic rings. The fraction of sp³-hybridized carbons (Fsp3) is 0.471. The third kappa shape index (κ3) is 4.26. The first kappa shape index (κ1) is 17.2. The zero-order valence-corrected chi connectivity index (χ0v) is 14.4. The highest BCUT2D eigenvalue weighted by molar-refractivity contribution is 5.74. The van der Waals surface area contributed by atoms with E-state index in [0.717, 1.165) is 24.9 Å². The smallest absolute Gasteiger partial charge is 0.315 e. The average molecular weight is 346 g/mol. The molecule has 1 aromatic heterocycles. The van der Waals surface area contributed by atoms with Gasteiger partial charge in [-0.15, -0.1) is 0 Å². The number of aromatic nitrogens is 3. The largest absolute Gasteiger partial charge is 0.367 e. The number of piperidine rings is 1. The molecule has 2 heterocycles. The van der Waals surface area contributed by atoms with Gasteiger partial charge in [-0.05, 0) is 44.4 Å². The number of halogens is 1. The number of carbonyl (C=O) groups excluding carboxylic acids is 1. The molecular formula is C17H23FN6O. The van der Waals surface area contributed by atoms with Crippen LogP contribution in [0.3, 0.4) is 0 Å². The maximum absolute atomic E-state index is 14.1.